The summed E-state index contributed by atoms with van der Waals surface area (Å²) in [5.41, 5.74) is -0.771. The lowest BCUT2D eigenvalue weighted by molar-refractivity contribution is -0.137. The van der Waals surface area contributed by atoms with Crippen molar-refractivity contribution >= 4 is 5.91 Å². The number of benzene rings is 1. The number of hydrogen-bond donors (Lipinski definition) is 2. The van der Waals surface area contributed by atoms with Gasteiger partial charge in [-0.05, 0) is 49.9 Å². The number of carbonyl (C=O) groups excluding carboxylic acids is 1. The van der Waals surface area contributed by atoms with Gasteiger partial charge in [0.2, 0.25) is 5.91 Å². The van der Waals surface area contributed by atoms with Crippen molar-refractivity contribution in [3.63, 3.8) is 0 Å². The Morgan fingerprint density at radius 2 is 1.96 bits per heavy atom. The maximum atomic E-state index is 12.4. The zero-order valence-corrected chi connectivity index (χ0v) is 13.9. The summed E-state index contributed by atoms with van der Waals surface area (Å²) in [5.74, 6) is 0.437. The molecule has 8 heteroatoms. The summed E-state index contributed by atoms with van der Waals surface area (Å²) in [6, 6.07) is 4.18. The molecule has 1 aliphatic rings. The number of amides is 1. The van der Waals surface area contributed by atoms with E-state index in [4.69, 9.17) is 9.47 Å². The summed E-state index contributed by atoms with van der Waals surface area (Å²) in [5, 5.41) is 12.3. The Bertz CT molecular complexity index is 558. The van der Waals surface area contributed by atoms with E-state index in [2.05, 4.69) is 5.32 Å². The highest BCUT2D eigenvalue weighted by Gasteiger charge is 2.30. The smallest absolute Gasteiger partial charge is 0.416 e. The molecule has 1 saturated carbocycles. The lowest BCUT2D eigenvalue weighted by atomic mass is 10.2. The first-order valence-electron chi connectivity index (χ1n) is 8.13. The van der Waals surface area contributed by atoms with Gasteiger partial charge in [-0.25, -0.2) is 0 Å². The number of hydrogen-bond acceptors (Lipinski definition) is 4. The van der Waals surface area contributed by atoms with E-state index in [1.54, 1.807) is 6.92 Å². The van der Waals surface area contributed by atoms with E-state index in [0.717, 1.165) is 25.0 Å². The summed E-state index contributed by atoms with van der Waals surface area (Å²) in [4.78, 5) is 11.8. The highest BCUT2D eigenvalue weighted by molar-refractivity contribution is 5.80. The average Bonchev–Trinajstić information content (AvgIpc) is 3.39. The predicted octanol–water partition coefficient (Wildman–Crippen LogP) is 2.38. The fourth-order valence-electron chi connectivity index (χ4n) is 1.99. The molecule has 0 bridgehead atoms. The molecule has 0 spiro atoms. The SMILES string of the molecule is CC(OCC1CC1)C(=O)NCC(O)COc1ccc(C(F)(F)F)cc1. The van der Waals surface area contributed by atoms with Crippen molar-refractivity contribution < 1.29 is 32.5 Å². The second-order valence-electron chi connectivity index (χ2n) is 6.15. The fourth-order valence-corrected chi connectivity index (χ4v) is 1.99. The van der Waals surface area contributed by atoms with E-state index in [-0.39, 0.29) is 24.8 Å². The van der Waals surface area contributed by atoms with Gasteiger partial charge in [-0.1, -0.05) is 0 Å². The number of aliphatic hydroxyl groups is 1. The molecule has 25 heavy (non-hydrogen) atoms. The van der Waals surface area contributed by atoms with Crippen molar-refractivity contribution in [2.75, 3.05) is 19.8 Å². The van der Waals surface area contributed by atoms with E-state index in [0.29, 0.717) is 12.5 Å². The third kappa shape index (κ3) is 6.91. The van der Waals surface area contributed by atoms with Crippen LogP contribution in [0.3, 0.4) is 0 Å². The molecule has 1 fully saturated rings. The third-order valence-corrected chi connectivity index (χ3v) is 3.78. The first-order valence-corrected chi connectivity index (χ1v) is 8.13. The Balaban J connectivity index is 1.65. The zero-order chi connectivity index (χ0) is 18.4. The van der Waals surface area contributed by atoms with Crippen molar-refractivity contribution in [1.82, 2.24) is 5.32 Å². The van der Waals surface area contributed by atoms with E-state index in [1.807, 2.05) is 0 Å². The average molecular weight is 361 g/mol. The Morgan fingerprint density at radius 3 is 2.52 bits per heavy atom. The number of ether oxygens (including phenoxy) is 2. The molecule has 2 atom stereocenters. The van der Waals surface area contributed by atoms with Gasteiger partial charge in [0.15, 0.2) is 0 Å². The quantitative estimate of drug-likeness (QED) is 0.709. The molecule has 0 saturated heterocycles. The van der Waals surface area contributed by atoms with Gasteiger partial charge in [-0.2, -0.15) is 13.2 Å². The lowest BCUT2D eigenvalue weighted by Gasteiger charge is -2.16. The zero-order valence-electron chi connectivity index (χ0n) is 13.9. The van der Waals surface area contributed by atoms with E-state index in [9.17, 15) is 23.1 Å². The molecule has 2 rings (SSSR count). The first kappa shape index (κ1) is 19.5. The molecule has 1 aromatic carbocycles. The fraction of sp³-hybridized carbons (Fsp3) is 0.588. The predicted molar refractivity (Wildman–Crippen MR) is 84.1 cm³/mol. The highest BCUT2D eigenvalue weighted by atomic mass is 19.4. The number of aliphatic hydroxyl groups excluding tert-OH is 1. The summed E-state index contributed by atoms with van der Waals surface area (Å²) in [6.07, 6.45) is -3.71. The van der Waals surface area contributed by atoms with Crippen LogP contribution in [0.2, 0.25) is 0 Å². The molecule has 0 aliphatic heterocycles. The van der Waals surface area contributed by atoms with Gasteiger partial charge in [0.25, 0.3) is 0 Å². The van der Waals surface area contributed by atoms with E-state index < -0.39 is 23.9 Å². The second kappa shape index (κ2) is 8.53. The van der Waals surface area contributed by atoms with Gasteiger partial charge in [-0.3, -0.25) is 4.79 Å². The van der Waals surface area contributed by atoms with Crippen molar-refractivity contribution in [2.45, 2.75) is 38.1 Å². The molecule has 0 radical (unpaired) electrons. The highest BCUT2D eigenvalue weighted by Crippen LogP contribution is 2.30. The van der Waals surface area contributed by atoms with Crippen molar-refractivity contribution in [3.05, 3.63) is 29.8 Å². The lowest BCUT2D eigenvalue weighted by Crippen LogP contribution is -2.40. The number of nitrogens with one attached hydrogen (secondary N) is 1. The van der Waals surface area contributed by atoms with Crippen LogP contribution in [-0.4, -0.2) is 43.0 Å². The Morgan fingerprint density at radius 1 is 1.32 bits per heavy atom. The first-order chi connectivity index (χ1) is 11.8. The second-order valence-corrected chi connectivity index (χ2v) is 6.15. The van der Waals surface area contributed by atoms with Gasteiger partial charge in [-0.15, -0.1) is 0 Å². The van der Waals surface area contributed by atoms with E-state index >= 15 is 0 Å². The summed E-state index contributed by atoms with van der Waals surface area (Å²) in [7, 11) is 0. The Labute approximate surface area is 144 Å². The number of rotatable bonds is 9. The molecule has 0 aromatic heterocycles. The molecule has 1 aliphatic carbocycles. The standard InChI is InChI=1S/C17H22F3NO4/c1-11(24-9-12-2-3-12)16(23)21-8-14(22)10-25-15-6-4-13(5-7-15)17(18,19)20/h4-7,11-12,14,22H,2-3,8-10H2,1H3,(H,21,23). The van der Waals surface area contributed by atoms with Crippen LogP contribution in [0, 0.1) is 5.92 Å². The molecular weight excluding hydrogens is 339 g/mol. The molecule has 0 heterocycles. The molecule has 140 valence electrons. The van der Waals surface area contributed by atoms with Crippen molar-refractivity contribution in [3.8, 4) is 5.75 Å². The van der Waals surface area contributed by atoms with Crippen LogP contribution in [0.1, 0.15) is 25.3 Å². The summed E-state index contributed by atoms with van der Waals surface area (Å²) >= 11 is 0. The Hall–Kier alpha value is -1.80. The van der Waals surface area contributed by atoms with Crippen molar-refractivity contribution in [1.29, 1.82) is 0 Å². The summed E-state index contributed by atoms with van der Waals surface area (Å²) < 4.78 is 48.0. The van der Waals surface area contributed by atoms with Gasteiger partial charge in [0.1, 0.15) is 24.6 Å². The molecule has 1 aromatic rings. The number of carbonyl (C=O) groups is 1. The maximum Gasteiger partial charge on any atom is 0.416 e. The van der Waals surface area contributed by atoms with Gasteiger partial charge in [0.05, 0.1) is 12.2 Å². The van der Waals surface area contributed by atoms with Crippen LogP contribution in [0.15, 0.2) is 24.3 Å². The molecule has 2 unspecified atom stereocenters. The number of alkyl halides is 3. The molecular formula is C17H22F3NO4. The molecule has 5 nitrogen and oxygen atoms in total. The van der Waals surface area contributed by atoms with Gasteiger partial charge >= 0.3 is 6.18 Å². The van der Waals surface area contributed by atoms with Crippen LogP contribution >= 0.6 is 0 Å². The minimum absolute atomic E-state index is 0.0312. The maximum absolute atomic E-state index is 12.4. The topological polar surface area (TPSA) is 67.8 Å². The molecule has 2 N–H and O–H groups in total. The number of halogens is 3. The van der Waals surface area contributed by atoms with Crippen LogP contribution in [0.25, 0.3) is 0 Å². The Kier molecular flexibility index (Phi) is 6.66. The van der Waals surface area contributed by atoms with Gasteiger partial charge < -0.3 is 19.9 Å². The normalized spacial score (nSPS) is 17.0. The minimum atomic E-state index is -4.40. The van der Waals surface area contributed by atoms with Crippen LogP contribution in [0.5, 0.6) is 5.75 Å². The minimum Gasteiger partial charge on any atom is -0.491 e. The largest absolute Gasteiger partial charge is 0.491 e. The summed E-state index contributed by atoms with van der Waals surface area (Å²) in [6.45, 7) is 2.02. The van der Waals surface area contributed by atoms with Crippen LogP contribution < -0.4 is 10.1 Å². The van der Waals surface area contributed by atoms with E-state index in [1.165, 1.54) is 12.1 Å². The van der Waals surface area contributed by atoms with Crippen LogP contribution in [-0.2, 0) is 15.7 Å². The third-order valence-electron chi connectivity index (χ3n) is 3.78. The monoisotopic (exact) mass is 361 g/mol. The van der Waals surface area contributed by atoms with Crippen molar-refractivity contribution in [2.24, 2.45) is 5.92 Å². The van der Waals surface area contributed by atoms with Crippen LogP contribution in [0.4, 0.5) is 13.2 Å². The molecule has 1 amide bonds. The van der Waals surface area contributed by atoms with Gasteiger partial charge in [0, 0.05) is 6.54 Å².